The minimum atomic E-state index is -0.0334. The Bertz CT molecular complexity index is 820. The van der Waals surface area contributed by atoms with Crippen LogP contribution >= 0.6 is 0 Å². The highest BCUT2D eigenvalue weighted by molar-refractivity contribution is 5.76. The summed E-state index contributed by atoms with van der Waals surface area (Å²) in [6, 6.07) is 6.19. The number of benzene rings is 1. The van der Waals surface area contributed by atoms with Crippen molar-refractivity contribution in [2.45, 2.75) is 19.1 Å². The van der Waals surface area contributed by atoms with Gasteiger partial charge >= 0.3 is 0 Å². The number of aromatic nitrogens is 2. The van der Waals surface area contributed by atoms with E-state index in [0.717, 1.165) is 36.8 Å². The van der Waals surface area contributed by atoms with Gasteiger partial charge in [-0.3, -0.25) is 9.69 Å². The standard InChI is InChI=1S/C19H24N4O4/c1-21(2)19(24)11-25-10-16-9-22(8-15-6-20-12-23(15)16)7-14-3-4-17-18(5-14)27-13-26-17/h3-6,12,16H,7-11,13H2,1-2H3. The monoisotopic (exact) mass is 372 g/mol. The van der Waals surface area contributed by atoms with E-state index < -0.39 is 0 Å². The minimum Gasteiger partial charge on any atom is -0.454 e. The maximum absolute atomic E-state index is 11.7. The van der Waals surface area contributed by atoms with Crippen LogP contribution < -0.4 is 9.47 Å². The van der Waals surface area contributed by atoms with Gasteiger partial charge in [0, 0.05) is 39.9 Å². The summed E-state index contributed by atoms with van der Waals surface area (Å²) in [7, 11) is 3.46. The third kappa shape index (κ3) is 3.91. The maximum Gasteiger partial charge on any atom is 0.248 e. The molecule has 0 radical (unpaired) electrons. The van der Waals surface area contributed by atoms with E-state index >= 15 is 0 Å². The molecule has 0 bridgehead atoms. The Labute approximate surface area is 158 Å². The summed E-state index contributed by atoms with van der Waals surface area (Å²) in [5.74, 6) is 1.57. The predicted octanol–water partition coefficient (Wildman–Crippen LogP) is 1.27. The topological polar surface area (TPSA) is 69.1 Å². The molecule has 0 spiro atoms. The van der Waals surface area contributed by atoms with E-state index in [2.05, 4.69) is 20.5 Å². The molecule has 1 unspecified atom stereocenters. The van der Waals surface area contributed by atoms with E-state index in [1.807, 2.05) is 24.7 Å². The Hall–Kier alpha value is -2.58. The van der Waals surface area contributed by atoms with Gasteiger partial charge in [0.1, 0.15) is 6.61 Å². The van der Waals surface area contributed by atoms with Gasteiger partial charge in [0.05, 0.1) is 24.7 Å². The fourth-order valence-electron chi connectivity index (χ4n) is 3.43. The average molecular weight is 372 g/mol. The van der Waals surface area contributed by atoms with Gasteiger partial charge < -0.3 is 23.7 Å². The second kappa shape index (κ2) is 7.58. The van der Waals surface area contributed by atoms with Crippen molar-refractivity contribution in [3.05, 3.63) is 42.0 Å². The van der Waals surface area contributed by atoms with E-state index in [-0.39, 0.29) is 25.3 Å². The highest BCUT2D eigenvalue weighted by Gasteiger charge is 2.26. The third-order valence-corrected chi connectivity index (χ3v) is 4.87. The van der Waals surface area contributed by atoms with Crippen LogP contribution in [0.1, 0.15) is 17.3 Å². The molecule has 3 heterocycles. The number of hydrogen-bond acceptors (Lipinski definition) is 6. The van der Waals surface area contributed by atoms with Gasteiger partial charge in [0.15, 0.2) is 11.5 Å². The van der Waals surface area contributed by atoms with Crippen LogP contribution in [-0.4, -0.2) is 65.9 Å². The molecule has 0 aliphatic carbocycles. The summed E-state index contributed by atoms with van der Waals surface area (Å²) in [6.07, 6.45) is 3.73. The van der Waals surface area contributed by atoms with Crippen molar-refractivity contribution in [1.29, 1.82) is 0 Å². The van der Waals surface area contributed by atoms with E-state index in [1.54, 1.807) is 14.1 Å². The van der Waals surface area contributed by atoms with Crippen LogP contribution in [-0.2, 0) is 22.6 Å². The van der Waals surface area contributed by atoms with Crippen molar-refractivity contribution in [1.82, 2.24) is 19.4 Å². The van der Waals surface area contributed by atoms with Crippen LogP contribution in [0.3, 0.4) is 0 Å². The first-order valence-electron chi connectivity index (χ1n) is 8.99. The first kappa shape index (κ1) is 17.8. The zero-order valence-electron chi connectivity index (χ0n) is 15.6. The Balaban J connectivity index is 1.41. The molecular formula is C19H24N4O4. The van der Waals surface area contributed by atoms with Gasteiger partial charge in [-0.15, -0.1) is 0 Å². The number of rotatable bonds is 6. The molecule has 0 fully saturated rings. The lowest BCUT2D eigenvalue weighted by Gasteiger charge is -2.34. The molecular weight excluding hydrogens is 348 g/mol. The zero-order chi connectivity index (χ0) is 18.8. The van der Waals surface area contributed by atoms with Gasteiger partial charge in [0.25, 0.3) is 0 Å². The summed E-state index contributed by atoms with van der Waals surface area (Å²) < 4.78 is 18.7. The molecule has 0 N–H and O–H groups in total. The first-order valence-corrected chi connectivity index (χ1v) is 8.99. The number of amides is 1. The number of hydrogen-bond donors (Lipinski definition) is 0. The van der Waals surface area contributed by atoms with Crippen LogP contribution in [0, 0.1) is 0 Å². The number of fused-ring (bicyclic) bond motifs is 2. The number of nitrogens with zero attached hydrogens (tertiary/aromatic N) is 4. The van der Waals surface area contributed by atoms with Crippen LogP contribution in [0.15, 0.2) is 30.7 Å². The second-order valence-corrected chi connectivity index (χ2v) is 7.11. The molecule has 1 aromatic carbocycles. The van der Waals surface area contributed by atoms with E-state index in [0.29, 0.717) is 6.61 Å². The van der Waals surface area contributed by atoms with Gasteiger partial charge in [0.2, 0.25) is 12.7 Å². The molecule has 8 nitrogen and oxygen atoms in total. The van der Waals surface area contributed by atoms with Crippen molar-refractivity contribution in [3.63, 3.8) is 0 Å². The van der Waals surface area contributed by atoms with Gasteiger partial charge in [-0.2, -0.15) is 0 Å². The maximum atomic E-state index is 11.7. The van der Waals surface area contributed by atoms with Gasteiger partial charge in [-0.1, -0.05) is 6.07 Å². The van der Waals surface area contributed by atoms with Gasteiger partial charge in [-0.25, -0.2) is 4.98 Å². The molecule has 1 amide bonds. The van der Waals surface area contributed by atoms with Crippen molar-refractivity contribution in [3.8, 4) is 11.5 Å². The lowest BCUT2D eigenvalue weighted by molar-refractivity contribution is -0.134. The van der Waals surface area contributed by atoms with Crippen LogP contribution in [0.25, 0.3) is 0 Å². The summed E-state index contributed by atoms with van der Waals surface area (Å²) in [4.78, 5) is 19.9. The molecule has 144 valence electrons. The van der Waals surface area contributed by atoms with Crippen LogP contribution in [0.2, 0.25) is 0 Å². The lowest BCUT2D eigenvalue weighted by atomic mass is 10.1. The average Bonchev–Trinajstić information content (AvgIpc) is 3.29. The summed E-state index contributed by atoms with van der Waals surface area (Å²) >= 11 is 0. The number of ether oxygens (including phenoxy) is 3. The quantitative estimate of drug-likeness (QED) is 0.761. The normalized spacial score (nSPS) is 18.4. The SMILES string of the molecule is CN(C)C(=O)COCC1CN(Cc2ccc3c(c2)OCO3)Cc2cncn21. The zero-order valence-corrected chi connectivity index (χ0v) is 15.6. The van der Waals surface area contributed by atoms with E-state index in [4.69, 9.17) is 14.2 Å². The van der Waals surface area contributed by atoms with E-state index in [1.165, 1.54) is 10.5 Å². The minimum absolute atomic E-state index is 0.0334. The largest absolute Gasteiger partial charge is 0.454 e. The summed E-state index contributed by atoms with van der Waals surface area (Å²) in [5, 5.41) is 0. The molecule has 4 rings (SSSR count). The molecule has 2 aliphatic rings. The molecule has 1 atom stereocenters. The van der Waals surface area contributed by atoms with Crippen molar-refractivity contribution in [2.24, 2.45) is 0 Å². The van der Waals surface area contributed by atoms with Gasteiger partial charge in [-0.05, 0) is 17.7 Å². The summed E-state index contributed by atoms with van der Waals surface area (Å²) in [5.41, 5.74) is 2.32. The molecule has 0 saturated carbocycles. The highest BCUT2D eigenvalue weighted by Crippen LogP contribution is 2.33. The Morgan fingerprint density at radius 1 is 1.33 bits per heavy atom. The molecule has 27 heavy (non-hydrogen) atoms. The van der Waals surface area contributed by atoms with Crippen LogP contribution in [0.5, 0.6) is 11.5 Å². The molecule has 2 aliphatic heterocycles. The fourth-order valence-corrected chi connectivity index (χ4v) is 3.43. The van der Waals surface area contributed by atoms with Crippen molar-refractivity contribution < 1.29 is 19.0 Å². The first-order chi connectivity index (χ1) is 13.1. The summed E-state index contributed by atoms with van der Waals surface area (Å²) in [6.45, 7) is 3.30. The van der Waals surface area contributed by atoms with Crippen molar-refractivity contribution >= 4 is 5.91 Å². The van der Waals surface area contributed by atoms with Crippen molar-refractivity contribution in [2.75, 3.05) is 40.6 Å². The lowest BCUT2D eigenvalue weighted by Crippen LogP contribution is -2.39. The Morgan fingerprint density at radius 3 is 3.04 bits per heavy atom. The molecule has 0 saturated heterocycles. The highest BCUT2D eigenvalue weighted by atomic mass is 16.7. The molecule has 8 heteroatoms. The fraction of sp³-hybridized carbons (Fsp3) is 0.474. The molecule has 2 aromatic rings. The number of likely N-dealkylation sites (N-methyl/N-ethyl adjacent to an activating group) is 1. The van der Waals surface area contributed by atoms with Crippen LogP contribution in [0.4, 0.5) is 0 Å². The molecule has 1 aromatic heterocycles. The second-order valence-electron chi connectivity index (χ2n) is 7.11. The predicted molar refractivity (Wildman–Crippen MR) is 97.5 cm³/mol. The number of imidazole rings is 1. The number of carbonyl (C=O) groups is 1. The number of carbonyl (C=O) groups excluding carboxylic acids is 1. The Kier molecular flexibility index (Phi) is 5.00. The Morgan fingerprint density at radius 2 is 2.19 bits per heavy atom. The van der Waals surface area contributed by atoms with E-state index in [9.17, 15) is 4.79 Å². The smallest absolute Gasteiger partial charge is 0.248 e. The third-order valence-electron chi connectivity index (χ3n) is 4.87.